The predicted octanol–water partition coefficient (Wildman–Crippen LogP) is 5.10. The third-order valence-electron chi connectivity index (χ3n) is 5.91. The topological polar surface area (TPSA) is 211 Å². The number of halogens is 1. The Balaban J connectivity index is 1.82. The molecule has 2 aromatic rings. The number of nitrogens with zero attached hydrogens (tertiary/aromatic N) is 3. The van der Waals surface area contributed by atoms with Crippen molar-refractivity contribution in [3.05, 3.63) is 71.8 Å². The van der Waals surface area contributed by atoms with E-state index in [4.69, 9.17) is 9.47 Å². The third-order valence-corrected chi connectivity index (χ3v) is 8.66. The summed E-state index contributed by atoms with van der Waals surface area (Å²) >= 11 is 4.08. The monoisotopic (exact) mass is 654 g/mol. The second kappa shape index (κ2) is 12.2. The molecule has 0 saturated carbocycles. The van der Waals surface area contributed by atoms with E-state index in [2.05, 4.69) is 21.2 Å². The number of thioether (sulfide) groups is 1. The van der Waals surface area contributed by atoms with Gasteiger partial charge in [0.15, 0.2) is 0 Å². The van der Waals surface area contributed by atoms with Crippen molar-refractivity contribution in [2.24, 2.45) is 5.92 Å². The van der Waals surface area contributed by atoms with E-state index in [0.717, 1.165) is 24.3 Å². The minimum Gasteiger partial charge on any atom is -0.486 e. The van der Waals surface area contributed by atoms with Gasteiger partial charge in [0.2, 0.25) is 11.0 Å². The summed E-state index contributed by atoms with van der Waals surface area (Å²) in [5, 5.41) is 35.6. The zero-order valence-corrected chi connectivity index (χ0v) is 24.3. The summed E-state index contributed by atoms with van der Waals surface area (Å²) in [5.74, 6) is -2.18. The minimum atomic E-state index is -1.06. The predicted molar refractivity (Wildman–Crippen MR) is 149 cm³/mol. The Labute approximate surface area is 244 Å². The van der Waals surface area contributed by atoms with Crippen LogP contribution in [0.15, 0.2) is 30.3 Å². The van der Waals surface area contributed by atoms with Gasteiger partial charge in [-0.1, -0.05) is 34.6 Å². The number of ether oxygens (including phenoxy) is 2. The highest BCUT2D eigenvalue weighted by atomic mass is 79.9. The fourth-order valence-corrected chi connectivity index (χ4v) is 5.15. The lowest BCUT2D eigenvalue weighted by atomic mass is 9.90. The number of benzene rings is 2. The molecule has 41 heavy (non-hydrogen) atoms. The van der Waals surface area contributed by atoms with Gasteiger partial charge in [0.1, 0.15) is 23.1 Å². The lowest BCUT2D eigenvalue weighted by Crippen LogP contribution is -2.47. The highest BCUT2D eigenvalue weighted by Gasteiger charge is 2.46. The summed E-state index contributed by atoms with van der Waals surface area (Å²) in [6.07, 6.45) is -1.06. The van der Waals surface area contributed by atoms with Crippen LogP contribution >= 0.6 is 27.7 Å². The van der Waals surface area contributed by atoms with Crippen molar-refractivity contribution in [1.82, 2.24) is 0 Å². The van der Waals surface area contributed by atoms with Crippen LogP contribution in [0.25, 0.3) is 0 Å². The summed E-state index contributed by atoms with van der Waals surface area (Å²) in [7, 11) is 0. The second-order valence-corrected chi connectivity index (χ2v) is 11.5. The largest absolute Gasteiger partial charge is 0.486 e. The van der Waals surface area contributed by atoms with Crippen LogP contribution in [0.3, 0.4) is 0 Å². The number of hydrogen-bond donors (Lipinski definition) is 1. The average molecular weight is 655 g/mol. The number of alkyl halides is 1. The van der Waals surface area contributed by atoms with Crippen LogP contribution in [-0.4, -0.2) is 47.9 Å². The molecule has 1 aliphatic rings. The van der Waals surface area contributed by atoms with Gasteiger partial charge in [-0.2, -0.15) is 0 Å². The minimum absolute atomic E-state index is 0.0974. The van der Waals surface area contributed by atoms with Gasteiger partial charge in [-0.05, 0) is 13.8 Å². The number of non-ortho nitro benzene ring substituents is 2. The first kappa shape index (κ1) is 31.4. The first-order chi connectivity index (χ1) is 19.0. The quantitative estimate of drug-likeness (QED) is 0.162. The SMILES string of the molecule is CC(=O)Nc1cc2c(cc1[N+](=O)[O-])[C@H](OC(=O)[C@@H](C)CSC(=O)c1cc([N+](=O)[O-])cc([N+](=O)[O-])c1)[C@@H](Br)C(C)(C)O2. The van der Waals surface area contributed by atoms with Crippen molar-refractivity contribution in [3.63, 3.8) is 0 Å². The molecule has 15 nitrogen and oxygen atoms in total. The van der Waals surface area contributed by atoms with Crippen molar-refractivity contribution < 1.29 is 38.6 Å². The van der Waals surface area contributed by atoms with Crippen molar-refractivity contribution >= 4 is 67.4 Å². The maximum atomic E-state index is 13.1. The number of nitro groups is 3. The molecule has 3 atom stereocenters. The third kappa shape index (κ3) is 7.15. The van der Waals surface area contributed by atoms with Crippen molar-refractivity contribution in [2.75, 3.05) is 11.1 Å². The molecule has 0 aliphatic carbocycles. The molecule has 3 rings (SSSR count). The molecule has 0 spiro atoms. The number of carbonyl (C=O) groups is 3. The molecule has 0 unspecified atom stereocenters. The normalized spacial score (nSPS) is 17.8. The number of esters is 1. The fourth-order valence-electron chi connectivity index (χ4n) is 3.84. The zero-order valence-electron chi connectivity index (χ0n) is 21.9. The van der Waals surface area contributed by atoms with Gasteiger partial charge in [0.25, 0.3) is 17.1 Å². The van der Waals surface area contributed by atoms with Gasteiger partial charge in [0, 0.05) is 48.1 Å². The molecule has 0 saturated heterocycles. The van der Waals surface area contributed by atoms with Gasteiger partial charge in [-0.15, -0.1) is 0 Å². The van der Waals surface area contributed by atoms with E-state index < -0.39 is 71.3 Å². The highest BCUT2D eigenvalue weighted by molar-refractivity contribution is 9.09. The Hall–Kier alpha value is -4.12. The lowest BCUT2D eigenvalue weighted by molar-refractivity contribution is -0.394. The Morgan fingerprint density at radius 1 is 1.05 bits per heavy atom. The Kier molecular flexibility index (Phi) is 9.33. The van der Waals surface area contributed by atoms with E-state index in [1.807, 2.05) is 0 Å². The Morgan fingerprint density at radius 3 is 2.15 bits per heavy atom. The molecule has 2 aromatic carbocycles. The lowest BCUT2D eigenvalue weighted by Gasteiger charge is -2.41. The van der Waals surface area contributed by atoms with Gasteiger partial charge in [-0.3, -0.25) is 44.7 Å². The van der Waals surface area contributed by atoms with Gasteiger partial charge < -0.3 is 14.8 Å². The summed E-state index contributed by atoms with van der Waals surface area (Å²) in [6, 6.07) is 4.98. The van der Waals surface area contributed by atoms with Crippen molar-refractivity contribution in [3.8, 4) is 5.75 Å². The number of nitro benzene ring substituents is 3. The number of rotatable bonds is 9. The molecule has 17 heteroatoms. The number of hydrogen-bond acceptors (Lipinski definition) is 12. The van der Waals surface area contributed by atoms with E-state index in [1.54, 1.807) is 13.8 Å². The molecule has 0 fully saturated rings. The van der Waals surface area contributed by atoms with Crippen LogP contribution < -0.4 is 10.1 Å². The number of fused-ring (bicyclic) bond motifs is 1. The van der Waals surface area contributed by atoms with Crippen LogP contribution in [0.5, 0.6) is 5.75 Å². The molecule has 1 aliphatic heterocycles. The number of carbonyl (C=O) groups excluding carboxylic acids is 3. The van der Waals surface area contributed by atoms with Crippen molar-refractivity contribution in [2.45, 2.75) is 44.2 Å². The van der Waals surface area contributed by atoms with Crippen LogP contribution in [0.2, 0.25) is 0 Å². The van der Waals surface area contributed by atoms with E-state index in [1.165, 1.54) is 19.9 Å². The first-order valence-electron chi connectivity index (χ1n) is 11.8. The average Bonchev–Trinajstić information content (AvgIpc) is 2.88. The Morgan fingerprint density at radius 2 is 1.63 bits per heavy atom. The molecule has 0 radical (unpaired) electrons. The molecule has 0 aromatic heterocycles. The molecule has 0 bridgehead atoms. The fraction of sp³-hybridized carbons (Fsp3) is 0.375. The van der Waals surface area contributed by atoms with Crippen LogP contribution in [0.1, 0.15) is 49.7 Å². The molecular weight excluding hydrogens is 632 g/mol. The second-order valence-electron chi connectivity index (χ2n) is 9.56. The van der Waals surface area contributed by atoms with E-state index in [9.17, 15) is 44.7 Å². The first-order valence-corrected chi connectivity index (χ1v) is 13.7. The summed E-state index contributed by atoms with van der Waals surface area (Å²) in [5.41, 5.74) is -2.86. The summed E-state index contributed by atoms with van der Waals surface area (Å²) in [6.45, 7) is 6.06. The molecule has 218 valence electrons. The van der Waals surface area contributed by atoms with E-state index in [0.29, 0.717) is 11.8 Å². The van der Waals surface area contributed by atoms with Crippen LogP contribution in [0.4, 0.5) is 22.7 Å². The molecule has 1 heterocycles. The standard InChI is InChI=1S/C24H23BrN4O11S/c1-11(10-41-23(32)13-5-14(27(33)34)7-15(6-13)28(35)36)22(31)39-20-16-8-18(29(37)38)17(26-12(2)30)9-19(16)40-24(3,4)21(20)25/h5-9,11,20-21H,10H2,1-4H3,(H,26,30)/t11-,20-,21+/m0/s1. The number of nitrogens with one attached hydrogen (secondary N) is 1. The molecule has 1 amide bonds. The summed E-state index contributed by atoms with van der Waals surface area (Å²) in [4.78, 5) is 68.2. The molecular formula is C24H23BrN4O11S. The molecule has 1 N–H and O–H groups in total. The van der Waals surface area contributed by atoms with Crippen molar-refractivity contribution in [1.29, 1.82) is 0 Å². The number of anilines is 1. The maximum absolute atomic E-state index is 13.1. The number of amides is 1. The zero-order chi connectivity index (χ0) is 30.8. The van der Waals surface area contributed by atoms with Crippen LogP contribution in [-0.2, 0) is 14.3 Å². The van der Waals surface area contributed by atoms with Crippen LogP contribution in [0, 0.1) is 36.3 Å². The maximum Gasteiger partial charge on any atom is 0.310 e. The Bertz CT molecular complexity index is 1430. The van der Waals surface area contributed by atoms with E-state index >= 15 is 0 Å². The highest BCUT2D eigenvalue weighted by Crippen LogP contribution is 2.48. The van der Waals surface area contributed by atoms with Gasteiger partial charge in [0.05, 0.1) is 31.6 Å². The van der Waals surface area contributed by atoms with Gasteiger partial charge in [-0.25, -0.2) is 0 Å². The summed E-state index contributed by atoms with van der Waals surface area (Å²) < 4.78 is 11.7. The van der Waals surface area contributed by atoms with Gasteiger partial charge >= 0.3 is 5.97 Å². The van der Waals surface area contributed by atoms with E-state index in [-0.39, 0.29) is 28.3 Å². The smallest absolute Gasteiger partial charge is 0.310 e.